The van der Waals surface area contributed by atoms with Gasteiger partial charge in [0.1, 0.15) is 4.90 Å². The minimum absolute atomic E-state index is 0.126. The van der Waals surface area contributed by atoms with E-state index < -0.39 is 10.0 Å². The lowest BCUT2D eigenvalue weighted by Gasteiger charge is -2.29. The van der Waals surface area contributed by atoms with Crippen molar-refractivity contribution in [3.8, 4) is 0 Å². The molecule has 0 atom stereocenters. The van der Waals surface area contributed by atoms with Crippen LogP contribution < -0.4 is 10.2 Å². The van der Waals surface area contributed by atoms with Crippen molar-refractivity contribution >= 4 is 38.5 Å². The Morgan fingerprint density at radius 1 is 1.10 bits per heavy atom. The van der Waals surface area contributed by atoms with Crippen LogP contribution in [0.4, 0.5) is 5.69 Å². The van der Waals surface area contributed by atoms with Crippen LogP contribution in [0.5, 0.6) is 0 Å². The predicted octanol–water partition coefficient (Wildman–Crippen LogP) is 3.44. The van der Waals surface area contributed by atoms with Crippen molar-refractivity contribution in [2.24, 2.45) is 4.40 Å². The molecule has 2 aromatic carbocycles. The van der Waals surface area contributed by atoms with E-state index in [1.165, 1.54) is 5.56 Å². The summed E-state index contributed by atoms with van der Waals surface area (Å²) in [4.78, 5) is 14.3. The topological polar surface area (TPSA) is 78.8 Å². The molecular formula is C21H25N3O3S2. The molecule has 3 rings (SSSR count). The van der Waals surface area contributed by atoms with Crippen LogP contribution in [0.25, 0.3) is 0 Å². The van der Waals surface area contributed by atoms with Crippen LogP contribution in [0.1, 0.15) is 25.3 Å². The summed E-state index contributed by atoms with van der Waals surface area (Å²) < 4.78 is 29.0. The third-order valence-electron chi connectivity index (χ3n) is 4.45. The van der Waals surface area contributed by atoms with Gasteiger partial charge < -0.3 is 10.2 Å². The molecule has 0 saturated heterocycles. The first kappa shape index (κ1) is 21.4. The molecule has 0 spiro atoms. The van der Waals surface area contributed by atoms with Gasteiger partial charge in [0.2, 0.25) is 5.91 Å². The highest BCUT2D eigenvalue weighted by Gasteiger charge is 2.30. The molecular weight excluding hydrogens is 406 g/mol. The molecule has 1 heterocycles. The molecule has 1 aliphatic heterocycles. The molecule has 0 aromatic heterocycles. The Labute approximate surface area is 176 Å². The van der Waals surface area contributed by atoms with Gasteiger partial charge in [-0.25, -0.2) is 0 Å². The quantitative estimate of drug-likeness (QED) is 0.648. The number of hydrogen-bond donors (Lipinski definition) is 1. The minimum atomic E-state index is -3.75. The van der Waals surface area contributed by atoms with Gasteiger partial charge in [0.05, 0.1) is 11.4 Å². The van der Waals surface area contributed by atoms with E-state index in [1.807, 2.05) is 36.1 Å². The van der Waals surface area contributed by atoms with Gasteiger partial charge in [-0.05, 0) is 37.0 Å². The van der Waals surface area contributed by atoms with Gasteiger partial charge in [-0.2, -0.15) is 8.42 Å². The molecule has 2 aromatic rings. The molecule has 1 N–H and O–H groups in total. The fourth-order valence-electron chi connectivity index (χ4n) is 3.09. The number of thioether (sulfide) groups is 1. The first-order chi connectivity index (χ1) is 14.0. The number of fused-ring (bicyclic) bond motifs is 1. The maximum absolute atomic E-state index is 12.5. The van der Waals surface area contributed by atoms with Gasteiger partial charge in [-0.15, -0.1) is 4.40 Å². The summed E-state index contributed by atoms with van der Waals surface area (Å²) in [5, 5.41) is 3.25. The largest absolute Gasteiger partial charge is 0.355 e. The number of carbonyl (C=O) groups excluding carboxylic acids is 1. The third-order valence-corrected chi connectivity index (χ3v) is 6.86. The minimum Gasteiger partial charge on any atom is -0.355 e. The van der Waals surface area contributed by atoms with Gasteiger partial charge >= 0.3 is 0 Å². The highest BCUT2D eigenvalue weighted by molar-refractivity contribution is 8.15. The van der Waals surface area contributed by atoms with Crippen molar-refractivity contribution in [2.45, 2.75) is 31.1 Å². The van der Waals surface area contributed by atoms with Crippen LogP contribution in [-0.2, 0) is 21.2 Å². The number of hydrogen-bond acceptors (Lipinski definition) is 5. The van der Waals surface area contributed by atoms with E-state index in [0.717, 1.165) is 31.0 Å². The molecule has 0 unspecified atom stereocenters. The first-order valence-electron chi connectivity index (χ1n) is 9.66. The average molecular weight is 432 g/mol. The number of aryl methyl sites for hydroxylation is 1. The number of benzene rings is 2. The van der Waals surface area contributed by atoms with Crippen LogP contribution in [0, 0.1) is 0 Å². The van der Waals surface area contributed by atoms with Crippen molar-refractivity contribution in [1.82, 2.24) is 5.32 Å². The first-order valence-corrected chi connectivity index (χ1v) is 12.1. The maximum atomic E-state index is 12.5. The lowest BCUT2D eigenvalue weighted by atomic mass is 10.1. The van der Waals surface area contributed by atoms with Crippen molar-refractivity contribution < 1.29 is 13.2 Å². The van der Waals surface area contributed by atoms with Crippen molar-refractivity contribution in [3.63, 3.8) is 0 Å². The number of nitrogens with one attached hydrogen (secondary N) is 1. The molecule has 1 aliphatic rings. The van der Waals surface area contributed by atoms with Crippen LogP contribution >= 0.6 is 11.8 Å². The second kappa shape index (κ2) is 9.93. The number of nitrogens with zero attached hydrogens (tertiary/aromatic N) is 2. The molecule has 0 radical (unpaired) electrons. The van der Waals surface area contributed by atoms with Gasteiger partial charge in [0, 0.05) is 13.1 Å². The van der Waals surface area contributed by atoms with Crippen molar-refractivity contribution in [2.75, 3.05) is 23.7 Å². The molecule has 1 amide bonds. The van der Waals surface area contributed by atoms with E-state index in [4.69, 9.17) is 0 Å². The van der Waals surface area contributed by atoms with E-state index in [0.29, 0.717) is 23.9 Å². The number of rotatable bonds is 8. The molecule has 8 heteroatoms. The molecule has 29 heavy (non-hydrogen) atoms. The summed E-state index contributed by atoms with van der Waals surface area (Å²) in [7, 11) is -3.75. The Kier molecular flexibility index (Phi) is 7.33. The van der Waals surface area contributed by atoms with E-state index in [9.17, 15) is 13.2 Å². The molecule has 154 valence electrons. The smallest absolute Gasteiger partial charge is 0.286 e. The molecule has 0 bridgehead atoms. The zero-order valence-corrected chi connectivity index (χ0v) is 18.0. The Hall–Kier alpha value is -2.32. The zero-order chi connectivity index (χ0) is 20.7. The van der Waals surface area contributed by atoms with Crippen LogP contribution in [0.2, 0.25) is 0 Å². The summed E-state index contributed by atoms with van der Waals surface area (Å²) in [5.41, 5.74) is 1.86. The Morgan fingerprint density at radius 2 is 1.83 bits per heavy atom. The second-order valence-electron chi connectivity index (χ2n) is 6.70. The molecule has 6 nitrogen and oxygen atoms in total. The third kappa shape index (κ3) is 5.61. The van der Waals surface area contributed by atoms with Crippen molar-refractivity contribution in [3.05, 3.63) is 60.2 Å². The Morgan fingerprint density at radius 3 is 2.59 bits per heavy atom. The standard InChI is InChI=1S/C21H25N3O3S2/c1-2-15-24-18-12-6-7-13-19(18)29(26,27)23-21(24)28-16-20(25)22-14-8-11-17-9-4-3-5-10-17/h3-7,9-10,12-13H,2,8,11,14-16H2,1H3,(H,22,25). The number of sulfonamides is 1. The summed E-state index contributed by atoms with van der Waals surface area (Å²) in [6, 6.07) is 17.0. The number of carbonyl (C=O) groups is 1. The fourth-order valence-corrected chi connectivity index (χ4v) is 5.40. The van der Waals surface area contributed by atoms with E-state index in [1.54, 1.807) is 18.2 Å². The fraction of sp³-hybridized carbons (Fsp3) is 0.333. The van der Waals surface area contributed by atoms with Gasteiger partial charge in [0.15, 0.2) is 5.17 Å². The number of para-hydroxylation sites is 1. The maximum Gasteiger partial charge on any atom is 0.286 e. The number of amides is 1. The van der Waals surface area contributed by atoms with E-state index in [-0.39, 0.29) is 16.6 Å². The average Bonchev–Trinajstić information content (AvgIpc) is 2.73. The highest BCUT2D eigenvalue weighted by Crippen LogP contribution is 2.34. The van der Waals surface area contributed by atoms with Gasteiger partial charge in [-0.3, -0.25) is 4.79 Å². The Bertz CT molecular complexity index is 976. The van der Waals surface area contributed by atoms with Crippen molar-refractivity contribution in [1.29, 1.82) is 0 Å². The normalized spacial score (nSPS) is 14.8. The summed E-state index contributed by atoms with van der Waals surface area (Å²) in [5.74, 6) is 0.000635. The van der Waals surface area contributed by atoms with Crippen LogP contribution in [-0.4, -0.2) is 38.3 Å². The van der Waals surface area contributed by atoms with E-state index in [2.05, 4.69) is 21.8 Å². The van der Waals surface area contributed by atoms with E-state index >= 15 is 0 Å². The summed E-state index contributed by atoms with van der Waals surface area (Å²) in [6.07, 6.45) is 2.59. The Balaban J connectivity index is 1.56. The number of anilines is 1. The van der Waals surface area contributed by atoms with Gasteiger partial charge in [0.25, 0.3) is 10.0 Å². The number of amidine groups is 1. The molecule has 0 saturated carbocycles. The summed E-state index contributed by atoms with van der Waals surface area (Å²) >= 11 is 1.16. The van der Waals surface area contributed by atoms with Gasteiger partial charge in [-0.1, -0.05) is 61.2 Å². The predicted molar refractivity (Wildman–Crippen MR) is 119 cm³/mol. The lowest BCUT2D eigenvalue weighted by Crippen LogP contribution is -2.36. The molecule has 0 aliphatic carbocycles. The van der Waals surface area contributed by atoms with Crippen LogP contribution in [0.15, 0.2) is 63.9 Å². The highest BCUT2D eigenvalue weighted by atomic mass is 32.2. The SMILES string of the molecule is CCCN1C(SCC(=O)NCCCc2ccccc2)=NS(=O)(=O)c2ccccc21. The molecule has 0 fully saturated rings. The lowest BCUT2D eigenvalue weighted by molar-refractivity contribution is -0.118. The van der Waals surface area contributed by atoms with Crippen LogP contribution in [0.3, 0.4) is 0 Å². The summed E-state index contributed by atoms with van der Waals surface area (Å²) in [6.45, 7) is 3.24. The second-order valence-corrected chi connectivity index (χ2v) is 9.21. The zero-order valence-electron chi connectivity index (χ0n) is 16.4. The monoisotopic (exact) mass is 431 g/mol.